The molecule has 0 aromatic carbocycles. The summed E-state index contributed by atoms with van der Waals surface area (Å²) in [4.78, 5) is 24.0. The molecule has 0 radical (unpaired) electrons. The highest BCUT2D eigenvalue weighted by molar-refractivity contribution is 5.78. The van der Waals surface area contributed by atoms with Gasteiger partial charge in [-0.3, -0.25) is 9.59 Å². The molecule has 0 aromatic heterocycles. The molecule has 86 valence electrons. The summed E-state index contributed by atoms with van der Waals surface area (Å²) in [6.07, 6.45) is 2.38. The molecule has 1 aliphatic rings. The van der Waals surface area contributed by atoms with E-state index in [2.05, 4.69) is 5.32 Å². The second kappa shape index (κ2) is 5.70. The van der Waals surface area contributed by atoms with Gasteiger partial charge >= 0.3 is 0 Å². The van der Waals surface area contributed by atoms with Gasteiger partial charge in [0.15, 0.2) is 0 Å². The average Bonchev–Trinajstić information content (AvgIpc) is 2.96. The highest BCUT2D eigenvalue weighted by Gasteiger charge is 2.31. The summed E-state index contributed by atoms with van der Waals surface area (Å²) in [5.74, 6) is -0.108. The van der Waals surface area contributed by atoms with E-state index < -0.39 is 0 Å². The van der Waals surface area contributed by atoms with Crippen LogP contribution in [0.15, 0.2) is 0 Å². The Hall–Kier alpha value is -1.10. The number of carbonyl (C=O) groups excluding carboxylic acids is 2. The lowest BCUT2D eigenvalue weighted by Gasteiger charge is -2.21. The van der Waals surface area contributed by atoms with Crippen molar-refractivity contribution >= 4 is 11.8 Å². The van der Waals surface area contributed by atoms with Crippen LogP contribution >= 0.6 is 0 Å². The zero-order chi connectivity index (χ0) is 11.3. The van der Waals surface area contributed by atoms with Crippen LogP contribution in [0.25, 0.3) is 0 Å². The molecule has 1 rings (SSSR count). The van der Waals surface area contributed by atoms with Crippen molar-refractivity contribution in [2.24, 2.45) is 0 Å². The van der Waals surface area contributed by atoms with Crippen LogP contribution in [0.1, 0.15) is 26.2 Å². The third-order valence-electron chi connectivity index (χ3n) is 2.36. The molecular formula is C10H18N2O3. The Labute approximate surface area is 89.4 Å². The maximum atomic E-state index is 11.7. The van der Waals surface area contributed by atoms with Gasteiger partial charge in [-0.2, -0.15) is 0 Å². The number of aliphatic hydroxyl groups is 1. The Bertz CT molecular complexity index is 239. The number of hydrogen-bond acceptors (Lipinski definition) is 3. The van der Waals surface area contributed by atoms with Crippen LogP contribution in [0, 0.1) is 0 Å². The molecule has 1 saturated carbocycles. The Morgan fingerprint density at radius 1 is 1.47 bits per heavy atom. The van der Waals surface area contributed by atoms with Crippen LogP contribution in [0.3, 0.4) is 0 Å². The monoisotopic (exact) mass is 214 g/mol. The van der Waals surface area contributed by atoms with Crippen molar-refractivity contribution < 1.29 is 14.7 Å². The number of nitrogens with one attached hydrogen (secondary N) is 1. The Morgan fingerprint density at radius 3 is 2.60 bits per heavy atom. The van der Waals surface area contributed by atoms with Crippen molar-refractivity contribution in [3.05, 3.63) is 0 Å². The van der Waals surface area contributed by atoms with Gasteiger partial charge in [0.25, 0.3) is 0 Å². The quantitative estimate of drug-likeness (QED) is 0.626. The van der Waals surface area contributed by atoms with Gasteiger partial charge in [-0.1, -0.05) is 0 Å². The van der Waals surface area contributed by atoms with Crippen molar-refractivity contribution in [3.8, 4) is 0 Å². The highest BCUT2D eigenvalue weighted by atomic mass is 16.3. The lowest BCUT2D eigenvalue weighted by Crippen LogP contribution is -2.37. The summed E-state index contributed by atoms with van der Waals surface area (Å²) in [7, 11) is 0. The van der Waals surface area contributed by atoms with Gasteiger partial charge in [0.05, 0.1) is 6.61 Å². The molecule has 15 heavy (non-hydrogen) atoms. The normalized spacial score (nSPS) is 14.8. The maximum Gasteiger partial charge on any atom is 0.224 e. The fourth-order valence-electron chi connectivity index (χ4n) is 1.49. The van der Waals surface area contributed by atoms with Crippen molar-refractivity contribution in [3.63, 3.8) is 0 Å². The van der Waals surface area contributed by atoms with Gasteiger partial charge in [0.2, 0.25) is 11.8 Å². The number of nitrogens with zero attached hydrogens (tertiary/aromatic N) is 1. The first-order valence-electron chi connectivity index (χ1n) is 5.30. The van der Waals surface area contributed by atoms with E-state index >= 15 is 0 Å². The molecule has 1 fully saturated rings. The first-order chi connectivity index (χ1) is 7.15. The first kappa shape index (κ1) is 12.0. The molecule has 5 heteroatoms. The number of aliphatic hydroxyl groups excluding tert-OH is 1. The maximum absolute atomic E-state index is 11.7. The van der Waals surface area contributed by atoms with E-state index in [1.54, 1.807) is 4.90 Å². The summed E-state index contributed by atoms with van der Waals surface area (Å²) in [6.45, 7) is 2.21. The number of amides is 2. The molecule has 0 saturated heterocycles. The minimum Gasteiger partial charge on any atom is -0.395 e. The van der Waals surface area contributed by atoms with Crippen LogP contribution in [-0.4, -0.2) is 47.6 Å². The molecule has 2 amide bonds. The SMILES string of the molecule is CC(=O)NCCC(=O)N(CCO)C1CC1. The van der Waals surface area contributed by atoms with E-state index in [0.717, 1.165) is 12.8 Å². The van der Waals surface area contributed by atoms with E-state index in [1.807, 2.05) is 0 Å². The molecule has 0 aromatic rings. The summed E-state index contributed by atoms with van der Waals surface area (Å²) in [6, 6.07) is 0.321. The highest BCUT2D eigenvalue weighted by Crippen LogP contribution is 2.26. The molecule has 0 atom stereocenters. The topological polar surface area (TPSA) is 69.6 Å². The Balaban J connectivity index is 2.25. The Kier molecular flexibility index (Phi) is 4.55. The summed E-state index contributed by atoms with van der Waals surface area (Å²) >= 11 is 0. The van der Waals surface area contributed by atoms with Crippen molar-refractivity contribution in [1.82, 2.24) is 10.2 Å². The minimum atomic E-state index is -0.122. The van der Waals surface area contributed by atoms with E-state index in [0.29, 0.717) is 25.6 Å². The molecule has 0 unspecified atom stereocenters. The minimum absolute atomic E-state index is 0.00236. The fourth-order valence-corrected chi connectivity index (χ4v) is 1.49. The summed E-state index contributed by atoms with van der Waals surface area (Å²) < 4.78 is 0. The fraction of sp³-hybridized carbons (Fsp3) is 0.800. The predicted molar refractivity (Wildman–Crippen MR) is 55.1 cm³/mol. The van der Waals surface area contributed by atoms with E-state index in [4.69, 9.17) is 5.11 Å². The third kappa shape index (κ3) is 4.29. The molecular weight excluding hydrogens is 196 g/mol. The first-order valence-corrected chi connectivity index (χ1v) is 5.30. The molecule has 0 spiro atoms. The molecule has 2 N–H and O–H groups in total. The summed E-state index contributed by atoms with van der Waals surface area (Å²) in [5.41, 5.74) is 0. The van der Waals surface area contributed by atoms with Gasteiger partial charge < -0.3 is 15.3 Å². The van der Waals surface area contributed by atoms with Crippen molar-refractivity contribution in [1.29, 1.82) is 0 Å². The number of rotatable bonds is 6. The lowest BCUT2D eigenvalue weighted by atomic mass is 10.3. The molecule has 0 heterocycles. The second-order valence-electron chi connectivity index (χ2n) is 3.77. The zero-order valence-electron chi connectivity index (χ0n) is 9.03. The molecule has 0 aliphatic heterocycles. The van der Waals surface area contributed by atoms with Crippen LogP contribution in [0.5, 0.6) is 0 Å². The van der Waals surface area contributed by atoms with E-state index in [1.165, 1.54) is 6.92 Å². The second-order valence-corrected chi connectivity index (χ2v) is 3.77. The zero-order valence-corrected chi connectivity index (χ0v) is 9.03. The van der Waals surface area contributed by atoms with Crippen LogP contribution in [0.4, 0.5) is 0 Å². The largest absolute Gasteiger partial charge is 0.395 e. The molecule has 1 aliphatic carbocycles. The van der Waals surface area contributed by atoms with Gasteiger partial charge in [-0.15, -0.1) is 0 Å². The van der Waals surface area contributed by atoms with Crippen molar-refractivity contribution in [2.75, 3.05) is 19.7 Å². The van der Waals surface area contributed by atoms with Gasteiger partial charge in [0.1, 0.15) is 0 Å². The van der Waals surface area contributed by atoms with Crippen molar-refractivity contribution in [2.45, 2.75) is 32.2 Å². The predicted octanol–water partition coefficient (Wildman–Crippen LogP) is -0.504. The summed E-state index contributed by atoms with van der Waals surface area (Å²) in [5, 5.41) is 11.4. The van der Waals surface area contributed by atoms with Gasteiger partial charge in [-0.25, -0.2) is 0 Å². The third-order valence-corrected chi connectivity index (χ3v) is 2.36. The Morgan fingerprint density at radius 2 is 2.13 bits per heavy atom. The molecule has 5 nitrogen and oxygen atoms in total. The van der Waals surface area contributed by atoms with Crippen LogP contribution in [-0.2, 0) is 9.59 Å². The van der Waals surface area contributed by atoms with Gasteiger partial charge in [0, 0.05) is 32.5 Å². The van der Waals surface area contributed by atoms with Crippen LogP contribution in [0.2, 0.25) is 0 Å². The standard InChI is InChI=1S/C10H18N2O3/c1-8(14)11-5-4-10(15)12(6-7-13)9-2-3-9/h9,13H,2-7H2,1H3,(H,11,14). The van der Waals surface area contributed by atoms with Crippen LogP contribution < -0.4 is 5.32 Å². The number of hydrogen-bond donors (Lipinski definition) is 2. The van der Waals surface area contributed by atoms with Gasteiger partial charge in [-0.05, 0) is 12.8 Å². The average molecular weight is 214 g/mol. The van der Waals surface area contributed by atoms with E-state index in [-0.39, 0.29) is 18.4 Å². The van der Waals surface area contributed by atoms with E-state index in [9.17, 15) is 9.59 Å². The molecule has 0 bridgehead atoms. The lowest BCUT2D eigenvalue weighted by molar-refractivity contribution is -0.132. The number of carbonyl (C=O) groups is 2. The smallest absolute Gasteiger partial charge is 0.224 e.